The summed E-state index contributed by atoms with van der Waals surface area (Å²) in [5, 5.41) is 46.9. The molecular formula is C39H35O4P. The topological polar surface area (TPSA) is 80.9 Å². The van der Waals surface area contributed by atoms with Crippen molar-refractivity contribution in [2.45, 2.75) is 26.7 Å². The largest absolute Gasteiger partial charge is 0.508 e. The predicted octanol–water partition coefficient (Wildman–Crippen LogP) is 9.04. The zero-order chi connectivity index (χ0) is 31.1. The van der Waals surface area contributed by atoms with E-state index in [2.05, 4.69) is 30.3 Å². The highest BCUT2D eigenvalue weighted by molar-refractivity contribution is 7.46. The maximum atomic E-state index is 11.7. The molecule has 6 aromatic rings. The first kappa shape index (κ1) is 29.3. The molecule has 6 aromatic carbocycles. The van der Waals surface area contributed by atoms with Crippen molar-refractivity contribution in [3.05, 3.63) is 137 Å². The van der Waals surface area contributed by atoms with E-state index in [9.17, 15) is 20.4 Å². The van der Waals surface area contributed by atoms with Gasteiger partial charge in [0.2, 0.25) is 0 Å². The molecule has 0 heterocycles. The first-order chi connectivity index (χ1) is 21.1. The van der Waals surface area contributed by atoms with Crippen LogP contribution in [-0.4, -0.2) is 27.1 Å². The number of phenols is 4. The third kappa shape index (κ3) is 5.38. The zero-order valence-electron chi connectivity index (χ0n) is 25.2. The van der Waals surface area contributed by atoms with Gasteiger partial charge in [0.05, 0.1) is 0 Å². The van der Waals surface area contributed by atoms with Gasteiger partial charge >= 0.3 is 0 Å². The number of aryl methyl sites for hydroxylation is 3. The third-order valence-electron chi connectivity index (χ3n) is 8.52. The molecule has 0 aliphatic carbocycles. The van der Waals surface area contributed by atoms with E-state index in [1.165, 1.54) is 0 Å². The van der Waals surface area contributed by atoms with E-state index in [-0.39, 0.29) is 23.0 Å². The van der Waals surface area contributed by atoms with Crippen LogP contribution in [0.2, 0.25) is 0 Å². The van der Waals surface area contributed by atoms with Gasteiger partial charge in [-0.25, -0.2) is 0 Å². The predicted molar refractivity (Wildman–Crippen MR) is 183 cm³/mol. The lowest BCUT2D eigenvalue weighted by Gasteiger charge is -2.25. The molecular weight excluding hydrogens is 563 g/mol. The van der Waals surface area contributed by atoms with Crippen molar-refractivity contribution in [1.29, 1.82) is 0 Å². The van der Waals surface area contributed by atoms with E-state index < -0.39 is 5.92 Å². The van der Waals surface area contributed by atoms with Crippen LogP contribution in [0.25, 0.3) is 33.0 Å². The smallest absolute Gasteiger partial charge is 0.122 e. The first-order valence-electron chi connectivity index (χ1n) is 14.6. The van der Waals surface area contributed by atoms with Crippen LogP contribution < -0.4 is 5.30 Å². The summed E-state index contributed by atoms with van der Waals surface area (Å²) in [7, 11) is 0.435. The number of benzene rings is 6. The Hall–Kier alpha value is -4.79. The van der Waals surface area contributed by atoms with Crippen molar-refractivity contribution >= 4 is 24.7 Å². The average Bonchev–Trinajstić information content (AvgIpc) is 3.02. The van der Waals surface area contributed by atoms with E-state index in [1.807, 2.05) is 88.1 Å². The summed E-state index contributed by atoms with van der Waals surface area (Å²) in [6, 6.07) is 33.5. The molecule has 0 aromatic heterocycles. The first-order valence-corrected chi connectivity index (χ1v) is 16.1. The number of phenolic OH excluding ortho intramolecular Hbond substituents is 4. The highest BCUT2D eigenvalue weighted by Gasteiger charge is 2.27. The molecule has 0 saturated carbocycles. The molecule has 2 atom stereocenters. The third-order valence-corrected chi connectivity index (χ3v) is 9.46. The van der Waals surface area contributed by atoms with Crippen LogP contribution in [0.3, 0.4) is 0 Å². The average molecular weight is 599 g/mol. The minimum Gasteiger partial charge on any atom is -0.508 e. The van der Waals surface area contributed by atoms with Gasteiger partial charge in [0.1, 0.15) is 23.0 Å². The van der Waals surface area contributed by atoms with Gasteiger partial charge in [-0.05, 0) is 131 Å². The number of fused-ring (bicyclic) bond motifs is 1. The fraction of sp³-hybridized carbons (Fsp3) is 0.128. The van der Waals surface area contributed by atoms with E-state index in [0.717, 1.165) is 55.0 Å². The Kier molecular flexibility index (Phi) is 7.80. The molecule has 0 spiro atoms. The van der Waals surface area contributed by atoms with Gasteiger partial charge in [0.15, 0.2) is 0 Å². The molecule has 0 aliphatic heterocycles. The van der Waals surface area contributed by atoms with Crippen LogP contribution in [0, 0.1) is 20.8 Å². The van der Waals surface area contributed by atoms with Crippen LogP contribution in [0.1, 0.15) is 39.3 Å². The maximum Gasteiger partial charge on any atom is 0.122 e. The van der Waals surface area contributed by atoms with Crippen LogP contribution in [-0.2, 0) is 0 Å². The standard InChI is InChI=1S/C39H35O4P/c1-22-15-27(11-13-34(22)40)30-16-23(2)38(42)32(19-30)37(29-10-9-25-7-5-6-8-26(25)18-29)33-20-31(17-24(3)39(33)43)28-12-14-35(41)36(21-28)44-4/h5-21,37,40-44H,1-4H3. The van der Waals surface area contributed by atoms with Crippen molar-refractivity contribution in [2.75, 3.05) is 6.66 Å². The Morgan fingerprint density at radius 2 is 1.05 bits per heavy atom. The van der Waals surface area contributed by atoms with E-state index >= 15 is 0 Å². The van der Waals surface area contributed by atoms with Gasteiger partial charge in [0.25, 0.3) is 0 Å². The molecule has 4 nitrogen and oxygen atoms in total. The Labute approximate surface area is 259 Å². The summed E-state index contributed by atoms with van der Waals surface area (Å²) in [5.74, 6) is 0.354. The Morgan fingerprint density at radius 1 is 0.500 bits per heavy atom. The molecule has 220 valence electrons. The van der Waals surface area contributed by atoms with Crippen molar-refractivity contribution in [1.82, 2.24) is 0 Å². The molecule has 6 rings (SSSR count). The van der Waals surface area contributed by atoms with Gasteiger partial charge in [-0.3, -0.25) is 0 Å². The summed E-state index contributed by atoms with van der Waals surface area (Å²) < 4.78 is 0. The van der Waals surface area contributed by atoms with Crippen molar-refractivity contribution in [2.24, 2.45) is 0 Å². The van der Waals surface area contributed by atoms with Gasteiger partial charge < -0.3 is 20.4 Å². The van der Waals surface area contributed by atoms with E-state index in [0.29, 0.717) is 25.3 Å². The Morgan fingerprint density at radius 3 is 1.64 bits per heavy atom. The molecule has 0 fully saturated rings. The van der Waals surface area contributed by atoms with Crippen molar-refractivity contribution < 1.29 is 20.4 Å². The molecule has 0 saturated heterocycles. The SMILES string of the molecule is CPc1cc(-c2cc(C)c(O)c(C(c3ccc4ccccc4c3)c3cc(-c4ccc(O)c(C)c4)cc(C)c3O)c2)ccc1O. The Bertz CT molecular complexity index is 2050. The van der Waals surface area contributed by atoms with E-state index in [4.69, 9.17) is 0 Å². The number of hydrogen-bond donors (Lipinski definition) is 4. The van der Waals surface area contributed by atoms with Crippen LogP contribution in [0.15, 0.2) is 103 Å². The monoisotopic (exact) mass is 598 g/mol. The summed E-state index contributed by atoms with van der Waals surface area (Å²) in [6.07, 6.45) is 0. The molecule has 4 N–H and O–H groups in total. The normalized spacial score (nSPS) is 12.3. The summed E-state index contributed by atoms with van der Waals surface area (Å²) >= 11 is 0. The van der Waals surface area contributed by atoms with Gasteiger partial charge in [-0.1, -0.05) is 63.2 Å². The van der Waals surface area contributed by atoms with Gasteiger partial charge in [-0.15, -0.1) is 0 Å². The zero-order valence-corrected chi connectivity index (χ0v) is 26.2. The van der Waals surface area contributed by atoms with Crippen molar-refractivity contribution in [3.63, 3.8) is 0 Å². The fourth-order valence-corrected chi connectivity index (χ4v) is 6.69. The number of hydrogen-bond acceptors (Lipinski definition) is 4. The quantitative estimate of drug-likeness (QED) is 0.114. The second-order valence-electron chi connectivity index (χ2n) is 11.5. The van der Waals surface area contributed by atoms with Gasteiger partial charge in [0, 0.05) is 22.3 Å². The summed E-state index contributed by atoms with van der Waals surface area (Å²) in [5.41, 5.74) is 8.19. The van der Waals surface area contributed by atoms with Gasteiger partial charge in [-0.2, -0.15) is 0 Å². The minimum atomic E-state index is -0.500. The maximum absolute atomic E-state index is 11.7. The minimum absolute atomic E-state index is 0.170. The summed E-state index contributed by atoms with van der Waals surface area (Å²) in [6.45, 7) is 7.68. The van der Waals surface area contributed by atoms with E-state index in [1.54, 1.807) is 12.1 Å². The van der Waals surface area contributed by atoms with Crippen LogP contribution in [0.4, 0.5) is 0 Å². The van der Waals surface area contributed by atoms with Crippen LogP contribution in [0.5, 0.6) is 23.0 Å². The second kappa shape index (κ2) is 11.7. The number of aromatic hydroxyl groups is 4. The second-order valence-corrected chi connectivity index (χ2v) is 12.5. The molecule has 0 amide bonds. The molecule has 44 heavy (non-hydrogen) atoms. The lowest BCUT2D eigenvalue weighted by atomic mass is 9.80. The summed E-state index contributed by atoms with van der Waals surface area (Å²) in [4.78, 5) is 0. The highest BCUT2D eigenvalue weighted by Crippen LogP contribution is 2.46. The highest BCUT2D eigenvalue weighted by atomic mass is 31.1. The van der Waals surface area contributed by atoms with Crippen LogP contribution >= 0.6 is 8.58 Å². The molecule has 0 aliphatic rings. The lowest BCUT2D eigenvalue weighted by Crippen LogP contribution is -2.07. The van der Waals surface area contributed by atoms with Crippen molar-refractivity contribution in [3.8, 4) is 45.3 Å². The molecule has 0 radical (unpaired) electrons. The Balaban J connectivity index is 1.63. The molecule has 0 bridgehead atoms. The number of rotatable bonds is 6. The molecule has 5 heteroatoms. The lowest BCUT2D eigenvalue weighted by molar-refractivity contribution is 0.454. The molecule has 2 unspecified atom stereocenters. The fourth-order valence-electron chi connectivity index (χ4n) is 6.05.